The Kier molecular flexibility index (Phi) is 8.55. The molecule has 0 bridgehead atoms. The predicted molar refractivity (Wildman–Crippen MR) is 100 cm³/mol. The molecule has 3 atom stereocenters. The van der Waals surface area contributed by atoms with E-state index in [1.165, 1.54) is 0 Å². The normalized spacial score (nSPS) is 24.9. The van der Waals surface area contributed by atoms with Crippen molar-refractivity contribution in [1.29, 1.82) is 0 Å². The number of aliphatic hydroxyl groups is 1. The summed E-state index contributed by atoms with van der Waals surface area (Å²) in [4.78, 5) is 12.9. The van der Waals surface area contributed by atoms with E-state index in [0.717, 1.165) is 36.8 Å². The lowest BCUT2D eigenvalue weighted by atomic mass is 9.90. The minimum atomic E-state index is -0.372. The molecule has 5 nitrogen and oxygen atoms in total. The second-order valence-corrected chi connectivity index (χ2v) is 7.22. The summed E-state index contributed by atoms with van der Waals surface area (Å²) in [6.45, 7) is 4.31. The highest BCUT2D eigenvalue weighted by molar-refractivity contribution is 5.92. The van der Waals surface area contributed by atoms with Gasteiger partial charge in [-0.2, -0.15) is 0 Å². The van der Waals surface area contributed by atoms with Crippen molar-refractivity contribution >= 4 is 5.97 Å². The van der Waals surface area contributed by atoms with E-state index in [4.69, 9.17) is 14.2 Å². The molecule has 2 rings (SSSR count). The largest absolute Gasteiger partial charge is 0.459 e. The van der Waals surface area contributed by atoms with Crippen LogP contribution >= 0.6 is 0 Å². The van der Waals surface area contributed by atoms with Crippen LogP contribution in [-0.2, 0) is 20.6 Å². The number of benzene rings is 1. The van der Waals surface area contributed by atoms with Gasteiger partial charge in [-0.05, 0) is 43.2 Å². The Morgan fingerprint density at radius 3 is 2.85 bits per heavy atom. The molecule has 0 fully saturated rings. The lowest BCUT2D eigenvalue weighted by molar-refractivity contribution is -0.105. The molecule has 146 valence electrons. The minimum Gasteiger partial charge on any atom is -0.459 e. The van der Waals surface area contributed by atoms with Gasteiger partial charge in [0.1, 0.15) is 12.9 Å². The van der Waals surface area contributed by atoms with Gasteiger partial charge < -0.3 is 19.3 Å². The summed E-state index contributed by atoms with van der Waals surface area (Å²) in [6.07, 6.45) is 4.58. The molecule has 0 saturated heterocycles. The van der Waals surface area contributed by atoms with Crippen molar-refractivity contribution in [2.45, 2.75) is 64.6 Å². The highest BCUT2D eigenvalue weighted by atomic mass is 16.7. The average Bonchev–Trinajstić information content (AvgIpc) is 2.61. The zero-order valence-electron chi connectivity index (χ0n) is 16.2. The van der Waals surface area contributed by atoms with Crippen LogP contribution in [0.15, 0.2) is 18.2 Å². The van der Waals surface area contributed by atoms with Crippen molar-refractivity contribution in [3.05, 3.63) is 34.9 Å². The summed E-state index contributed by atoms with van der Waals surface area (Å²) < 4.78 is 16.7. The molecule has 0 spiro atoms. The van der Waals surface area contributed by atoms with Gasteiger partial charge in [0, 0.05) is 26.6 Å². The molecule has 0 amide bonds. The highest BCUT2D eigenvalue weighted by Crippen LogP contribution is 2.26. The van der Waals surface area contributed by atoms with E-state index in [2.05, 4.69) is 6.92 Å². The smallest absolute Gasteiger partial charge is 0.338 e. The fraction of sp³-hybridized carbons (Fsp3) is 0.667. The summed E-state index contributed by atoms with van der Waals surface area (Å²) >= 11 is 0. The second kappa shape index (κ2) is 10.7. The maximum atomic E-state index is 12.9. The molecule has 0 aromatic heterocycles. The first-order valence-corrected chi connectivity index (χ1v) is 9.57. The Morgan fingerprint density at radius 1 is 1.31 bits per heavy atom. The SMILES string of the molecule is COCO[C@@H]1CC(CCO)OC(=O)c2c(C)cccc2CCCC[C@@H]1C. The maximum Gasteiger partial charge on any atom is 0.338 e. The van der Waals surface area contributed by atoms with Gasteiger partial charge in [0.25, 0.3) is 0 Å². The number of carbonyl (C=O) groups is 1. The van der Waals surface area contributed by atoms with Crippen molar-refractivity contribution in [3.63, 3.8) is 0 Å². The molecule has 1 aliphatic rings. The average molecular weight is 364 g/mol. The first kappa shape index (κ1) is 20.9. The fourth-order valence-corrected chi connectivity index (χ4v) is 3.65. The molecule has 5 heteroatoms. The Hall–Kier alpha value is -1.43. The Labute approximate surface area is 156 Å². The van der Waals surface area contributed by atoms with Gasteiger partial charge in [0.15, 0.2) is 0 Å². The number of cyclic esters (lactones) is 1. The number of esters is 1. The lowest BCUT2D eigenvalue weighted by Gasteiger charge is -2.29. The molecule has 1 aliphatic heterocycles. The molecular formula is C21H32O5. The van der Waals surface area contributed by atoms with Crippen molar-refractivity contribution in [2.24, 2.45) is 5.92 Å². The Balaban J connectivity index is 2.26. The number of rotatable bonds is 5. The molecule has 0 saturated carbocycles. The van der Waals surface area contributed by atoms with E-state index >= 15 is 0 Å². The number of carbonyl (C=O) groups excluding carboxylic acids is 1. The topological polar surface area (TPSA) is 65.0 Å². The number of aryl methyl sites for hydroxylation is 2. The monoisotopic (exact) mass is 364 g/mol. The van der Waals surface area contributed by atoms with Gasteiger partial charge in [-0.15, -0.1) is 0 Å². The van der Waals surface area contributed by atoms with Gasteiger partial charge in [-0.3, -0.25) is 0 Å². The summed E-state index contributed by atoms with van der Waals surface area (Å²) in [7, 11) is 1.60. The first-order chi connectivity index (χ1) is 12.6. The van der Waals surface area contributed by atoms with Gasteiger partial charge in [0.05, 0.1) is 11.7 Å². The van der Waals surface area contributed by atoms with Crippen LogP contribution in [0, 0.1) is 12.8 Å². The number of ether oxygens (including phenoxy) is 3. The summed E-state index contributed by atoms with van der Waals surface area (Å²) in [5.41, 5.74) is 2.67. The molecule has 0 radical (unpaired) electrons. The van der Waals surface area contributed by atoms with Crippen LogP contribution in [0.4, 0.5) is 0 Å². The lowest BCUT2D eigenvalue weighted by Crippen LogP contribution is -2.32. The van der Waals surface area contributed by atoms with E-state index in [9.17, 15) is 9.90 Å². The minimum absolute atomic E-state index is 0.0239. The third kappa shape index (κ3) is 5.79. The van der Waals surface area contributed by atoms with Gasteiger partial charge in [-0.25, -0.2) is 4.79 Å². The maximum absolute atomic E-state index is 12.9. The van der Waals surface area contributed by atoms with Crippen molar-refractivity contribution in [3.8, 4) is 0 Å². The zero-order valence-corrected chi connectivity index (χ0v) is 16.2. The Morgan fingerprint density at radius 2 is 2.12 bits per heavy atom. The quantitative estimate of drug-likeness (QED) is 0.638. The van der Waals surface area contributed by atoms with Crippen LogP contribution in [0.5, 0.6) is 0 Å². The number of hydrogen-bond acceptors (Lipinski definition) is 5. The van der Waals surface area contributed by atoms with Gasteiger partial charge >= 0.3 is 5.97 Å². The van der Waals surface area contributed by atoms with Gasteiger partial charge in [0.2, 0.25) is 0 Å². The number of fused-ring (bicyclic) bond motifs is 1. The van der Waals surface area contributed by atoms with E-state index in [1.807, 2.05) is 25.1 Å². The molecule has 1 aromatic rings. The van der Waals surface area contributed by atoms with Crippen LogP contribution in [0.2, 0.25) is 0 Å². The molecule has 1 unspecified atom stereocenters. The van der Waals surface area contributed by atoms with Crippen LogP contribution in [0.3, 0.4) is 0 Å². The summed E-state index contributed by atoms with van der Waals surface area (Å²) in [6, 6.07) is 5.96. The van der Waals surface area contributed by atoms with Crippen LogP contribution in [0.1, 0.15) is 60.5 Å². The highest BCUT2D eigenvalue weighted by Gasteiger charge is 2.27. The fourth-order valence-electron chi connectivity index (χ4n) is 3.65. The van der Waals surface area contributed by atoms with Crippen molar-refractivity contribution in [1.82, 2.24) is 0 Å². The summed E-state index contributed by atoms with van der Waals surface area (Å²) in [5, 5.41) is 9.41. The zero-order chi connectivity index (χ0) is 18.9. The molecule has 1 heterocycles. The van der Waals surface area contributed by atoms with E-state index < -0.39 is 0 Å². The standard InChI is InChI=1S/C21H32O5/c1-15-7-4-5-9-17-10-6-8-16(2)20(17)21(23)26-18(11-12-22)13-19(15)25-14-24-3/h6,8,10,15,18-19,22H,4-5,7,9,11-14H2,1-3H3/t15-,18?,19+/m0/s1. The molecule has 1 aromatic carbocycles. The van der Waals surface area contributed by atoms with Crippen LogP contribution in [0.25, 0.3) is 0 Å². The van der Waals surface area contributed by atoms with Crippen LogP contribution < -0.4 is 0 Å². The molecule has 0 aliphatic carbocycles. The van der Waals surface area contributed by atoms with Crippen molar-refractivity contribution in [2.75, 3.05) is 20.5 Å². The van der Waals surface area contributed by atoms with Crippen molar-refractivity contribution < 1.29 is 24.1 Å². The predicted octanol–water partition coefficient (Wildman–Crippen LogP) is 3.64. The number of methoxy groups -OCH3 is 1. The molecule has 26 heavy (non-hydrogen) atoms. The first-order valence-electron chi connectivity index (χ1n) is 9.57. The molecule has 1 N–H and O–H groups in total. The van der Waals surface area contributed by atoms with Crippen LogP contribution in [-0.4, -0.2) is 43.8 Å². The van der Waals surface area contributed by atoms with E-state index in [0.29, 0.717) is 24.3 Å². The molecular weight excluding hydrogens is 332 g/mol. The summed E-state index contributed by atoms with van der Waals surface area (Å²) in [5.74, 6) is 0.0386. The number of aliphatic hydroxyl groups excluding tert-OH is 1. The van der Waals surface area contributed by atoms with E-state index in [-0.39, 0.29) is 31.6 Å². The third-order valence-corrected chi connectivity index (χ3v) is 5.17. The second-order valence-electron chi connectivity index (χ2n) is 7.22. The van der Waals surface area contributed by atoms with E-state index in [1.54, 1.807) is 7.11 Å². The number of hydrogen-bond donors (Lipinski definition) is 1. The van der Waals surface area contributed by atoms with Gasteiger partial charge in [-0.1, -0.05) is 31.5 Å². The third-order valence-electron chi connectivity index (χ3n) is 5.17. The Bertz CT molecular complexity index is 572.